The molecule has 0 atom stereocenters. The molecular weight excluding hydrogens is 290 g/mol. The maximum atomic E-state index is 4.49. The first-order chi connectivity index (χ1) is 10.9. The second kappa shape index (κ2) is 6.05. The lowest BCUT2D eigenvalue weighted by Crippen LogP contribution is -2.22. The van der Waals surface area contributed by atoms with E-state index < -0.39 is 0 Å². The first kappa shape index (κ1) is 13.7. The van der Waals surface area contributed by atoms with Crippen molar-refractivity contribution in [2.75, 3.05) is 5.32 Å². The standard InChI is InChI=1S/C18H19N3S/c1-3-7-13(8-4-1)16-11-15-17(19-12-20-18(15)22-16)21-14-9-5-2-6-10-14/h1,3-4,7-8,11-12,14H,2,5-6,9-10H2,(H,19,20,21). The minimum Gasteiger partial charge on any atom is -0.367 e. The van der Waals surface area contributed by atoms with Gasteiger partial charge in [0.05, 0.1) is 5.39 Å². The lowest BCUT2D eigenvalue weighted by atomic mass is 9.95. The number of hydrogen-bond donors (Lipinski definition) is 1. The lowest BCUT2D eigenvalue weighted by molar-refractivity contribution is 0.462. The number of benzene rings is 1. The molecule has 22 heavy (non-hydrogen) atoms. The van der Waals surface area contributed by atoms with Gasteiger partial charge in [-0.15, -0.1) is 11.3 Å². The van der Waals surface area contributed by atoms with E-state index in [1.54, 1.807) is 17.7 Å². The van der Waals surface area contributed by atoms with Crippen molar-refractivity contribution in [3.8, 4) is 10.4 Å². The van der Waals surface area contributed by atoms with Crippen LogP contribution in [-0.4, -0.2) is 16.0 Å². The molecule has 4 rings (SSSR count). The number of rotatable bonds is 3. The van der Waals surface area contributed by atoms with Gasteiger partial charge in [-0.2, -0.15) is 0 Å². The van der Waals surface area contributed by atoms with Gasteiger partial charge in [0.1, 0.15) is 17.0 Å². The number of hydrogen-bond acceptors (Lipinski definition) is 4. The minimum absolute atomic E-state index is 0.562. The second-order valence-corrected chi connectivity index (χ2v) is 6.93. The molecule has 3 nitrogen and oxygen atoms in total. The smallest absolute Gasteiger partial charge is 0.138 e. The van der Waals surface area contributed by atoms with Gasteiger partial charge < -0.3 is 5.32 Å². The van der Waals surface area contributed by atoms with Crippen molar-refractivity contribution < 1.29 is 0 Å². The molecule has 2 aromatic heterocycles. The Morgan fingerprint density at radius 3 is 2.64 bits per heavy atom. The fourth-order valence-electron chi connectivity index (χ4n) is 3.16. The Hall–Kier alpha value is -1.94. The molecule has 1 N–H and O–H groups in total. The number of fused-ring (bicyclic) bond motifs is 1. The molecule has 112 valence electrons. The van der Waals surface area contributed by atoms with Crippen LogP contribution in [0.3, 0.4) is 0 Å². The minimum atomic E-state index is 0.562. The van der Waals surface area contributed by atoms with E-state index in [-0.39, 0.29) is 0 Å². The summed E-state index contributed by atoms with van der Waals surface area (Å²) in [6.45, 7) is 0. The van der Waals surface area contributed by atoms with E-state index in [0.717, 1.165) is 16.0 Å². The zero-order valence-electron chi connectivity index (χ0n) is 12.5. The molecule has 1 aliphatic carbocycles. The van der Waals surface area contributed by atoms with Crippen LogP contribution in [0.15, 0.2) is 42.7 Å². The Morgan fingerprint density at radius 2 is 1.82 bits per heavy atom. The van der Waals surface area contributed by atoms with Gasteiger partial charge >= 0.3 is 0 Å². The number of anilines is 1. The van der Waals surface area contributed by atoms with Crippen molar-refractivity contribution in [3.63, 3.8) is 0 Å². The monoisotopic (exact) mass is 309 g/mol. The van der Waals surface area contributed by atoms with Gasteiger partial charge in [-0.1, -0.05) is 49.6 Å². The Kier molecular flexibility index (Phi) is 3.77. The molecule has 0 saturated heterocycles. The average Bonchev–Trinajstić information content (AvgIpc) is 3.02. The molecule has 4 heteroatoms. The summed E-state index contributed by atoms with van der Waals surface area (Å²) < 4.78 is 0. The van der Waals surface area contributed by atoms with Crippen LogP contribution >= 0.6 is 11.3 Å². The van der Waals surface area contributed by atoms with Crippen molar-refractivity contribution in [2.24, 2.45) is 0 Å². The molecule has 1 fully saturated rings. The molecule has 0 bridgehead atoms. The van der Waals surface area contributed by atoms with Crippen LogP contribution in [0.1, 0.15) is 32.1 Å². The molecule has 0 spiro atoms. The van der Waals surface area contributed by atoms with Crippen LogP contribution in [0.25, 0.3) is 20.7 Å². The van der Waals surface area contributed by atoms with Crippen LogP contribution in [-0.2, 0) is 0 Å². The summed E-state index contributed by atoms with van der Waals surface area (Å²) in [6.07, 6.45) is 8.20. The molecule has 0 radical (unpaired) electrons. The van der Waals surface area contributed by atoms with Gasteiger partial charge in [0.2, 0.25) is 0 Å². The van der Waals surface area contributed by atoms with Gasteiger partial charge in [0, 0.05) is 10.9 Å². The summed E-state index contributed by atoms with van der Waals surface area (Å²) in [4.78, 5) is 11.3. The maximum Gasteiger partial charge on any atom is 0.138 e. The van der Waals surface area contributed by atoms with Crippen molar-refractivity contribution in [2.45, 2.75) is 38.1 Å². The Balaban J connectivity index is 1.69. The van der Waals surface area contributed by atoms with E-state index in [4.69, 9.17) is 0 Å². The Morgan fingerprint density at radius 1 is 1.00 bits per heavy atom. The lowest BCUT2D eigenvalue weighted by Gasteiger charge is -2.23. The van der Waals surface area contributed by atoms with Crippen LogP contribution in [0, 0.1) is 0 Å². The van der Waals surface area contributed by atoms with Gasteiger partial charge in [-0.05, 0) is 24.5 Å². The van der Waals surface area contributed by atoms with Gasteiger partial charge in [0.15, 0.2) is 0 Å². The number of thiophene rings is 1. The third kappa shape index (κ3) is 2.71. The van der Waals surface area contributed by atoms with Crippen molar-refractivity contribution in [3.05, 3.63) is 42.7 Å². The summed E-state index contributed by atoms with van der Waals surface area (Å²) in [5.41, 5.74) is 1.24. The van der Waals surface area contributed by atoms with Gasteiger partial charge in [-0.3, -0.25) is 0 Å². The van der Waals surface area contributed by atoms with Crippen molar-refractivity contribution >= 4 is 27.4 Å². The average molecular weight is 309 g/mol. The molecule has 2 heterocycles. The summed E-state index contributed by atoms with van der Waals surface area (Å²) in [7, 11) is 0. The molecule has 0 unspecified atom stereocenters. The van der Waals surface area contributed by atoms with Crippen LogP contribution < -0.4 is 5.32 Å². The summed E-state index contributed by atoms with van der Waals surface area (Å²) in [6, 6.07) is 13.3. The Bertz CT molecular complexity index is 760. The van der Waals surface area contributed by atoms with Crippen molar-refractivity contribution in [1.29, 1.82) is 0 Å². The van der Waals surface area contributed by atoms with E-state index in [0.29, 0.717) is 6.04 Å². The predicted molar refractivity (Wildman–Crippen MR) is 93.3 cm³/mol. The molecule has 3 aromatic rings. The maximum absolute atomic E-state index is 4.49. The third-order valence-electron chi connectivity index (χ3n) is 4.33. The number of nitrogens with one attached hydrogen (secondary N) is 1. The molecule has 1 saturated carbocycles. The molecule has 0 amide bonds. The zero-order valence-corrected chi connectivity index (χ0v) is 13.3. The number of nitrogens with zero attached hydrogens (tertiary/aromatic N) is 2. The molecular formula is C18H19N3S. The summed E-state index contributed by atoms with van der Waals surface area (Å²) in [5, 5.41) is 4.79. The van der Waals surface area contributed by atoms with E-state index in [9.17, 15) is 0 Å². The molecule has 1 aromatic carbocycles. The highest BCUT2D eigenvalue weighted by Gasteiger charge is 2.16. The fourth-order valence-corrected chi connectivity index (χ4v) is 4.16. The fraction of sp³-hybridized carbons (Fsp3) is 0.333. The van der Waals surface area contributed by atoms with Gasteiger partial charge in [0.25, 0.3) is 0 Å². The first-order valence-electron chi connectivity index (χ1n) is 7.97. The SMILES string of the molecule is c1ccc(-c2cc3c(NC4CCCCC4)ncnc3s2)cc1. The summed E-state index contributed by atoms with van der Waals surface area (Å²) in [5.74, 6) is 0.996. The predicted octanol–water partition coefficient (Wildman–Crippen LogP) is 5.10. The molecule has 0 aliphatic heterocycles. The third-order valence-corrected chi connectivity index (χ3v) is 5.43. The van der Waals surface area contributed by atoms with E-state index in [1.165, 1.54) is 42.5 Å². The highest BCUT2D eigenvalue weighted by molar-refractivity contribution is 7.21. The topological polar surface area (TPSA) is 37.8 Å². The van der Waals surface area contributed by atoms with E-state index in [2.05, 4.69) is 45.6 Å². The van der Waals surface area contributed by atoms with Crippen molar-refractivity contribution in [1.82, 2.24) is 9.97 Å². The summed E-state index contributed by atoms with van der Waals surface area (Å²) >= 11 is 1.74. The second-order valence-electron chi connectivity index (χ2n) is 5.90. The quantitative estimate of drug-likeness (QED) is 0.731. The zero-order chi connectivity index (χ0) is 14.8. The van der Waals surface area contributed by atoms with Crippen LogP contribution in [0.4, 0.5) is 5.82 Å². The largest absolute Gasteiger partial charge is 0.367 e. The number of aromatic nitrogens is 2. The highest BCUT2D eigenvalue weighted by atomic mass is 32.1. The van der Waals surface area contributed by atoms with Crippen LogP contribution in [0.5, 0.6) is 0 Å². The van der Waals surface area contributed by atoms with E-state index in [1.807, 2.05) is 6.07 Å². The van der Waals surface area contributed by atoms with Gasteiger partial charge in [-0.25, -0.2) is 9.97 Å². The Labute approximate surface area is 134 Å². The van der Waals surface area contributed by atoms with Crippen LogP contribution in [0.2, 0.25) is 0 Å². The normalized spacial score (nSPS) is 16.0. The van der Waals surface area contributed by atoms with E-state index >= 15 is 0 Å². The first-order valence-corrected chi connectivity index (χ1v) is 8.78. The molecule has 1 aliphatic rings. The highest BCUT2D eigenvalue weighted by Crippen LogP contribution is 2.35.